The Balaban J connectivity index is 2.50. The molecule has 1 aromatic rings. The normalized spacial score (nSPS) is 11.1. The van der Waals surface area contributed by atoms with Gasteiger partial charge in [0.15, 0.2) is 0 Å². The van der Waals surface area contributed by atoms with E-state index in [1.54, 1.807) is 12.1 Å². The van der Waals surface area contributed by atoms with Gasteiger partial charge >= 0.3 is 6.36 Å². The molecule has 0 amide bonds. The van der Waals surface area contributed by atoms with Gasteiger partial charge in [0.1, 0.15) is 5.75 Å². The predicted molar refractivity (Wildman–Crippen MR) is 70.6 cm³/mol. The Morgan fingerprint density at radius 1 is 1.37 bits per heavy atom. The van der Waals surface area contributed by atoms with Crippen molar-refractivity contribution in [2.45, 2.75) is 25.7 Å². The van der Waals surface area contributed by atoms with Crippen molar-refractivity contribution in [2.75, 3.05) is 6.54 Å². The second kappa shape index (κ2) is 7.41. The molecule has 0 bridgehead atoms. The lowest BCUT2D eigenvalue weighted by molar-refractivity contribution is -0.274. The van der Waals surface area contributed by atoms with Gasteiger partial charge in [-0.2, -0.15) is 0 Å². The average Bonchev–Trinajstić information content (AvgIpc) is 2.31. The molecule has 0 aliphatic carbocycles. The highest BCUT2D eigenvalue weighted by molar-refractivity contribution is 9.10. The zero-order chi connectivity index (χ0) is 14.3. The molecule has 0 aliphatic heterocycles. The van der Waals surface area contributed by atoms with Crippen molar-refractivity contribution >= 4 is 15.9 Å². The number of unbranched alkanes of at least 4 members (excludes halogenated alkanes) is 1. The maximum Gasteiger partial charge on any atom is 0.573 e. The molecule has 0 unspecified atom stereocenters. The minimum atomic E-state index is -4.68. The van der Waals surface area contributed by atoms with Gasteiger partial charge in [-0.3, -0.25) is 0 Å². The predicted octanol–water partition coefficient (Wildman–Crippen LogP) is 3.85. The minimum Gasteiger partial charge on any atom is -0.405 e. The van der Waals surface area contributed by atoms with E-state index in [0.717, 1.165) is 18.5 Å². The molecule has 0 heterocycles. The molecule has 6 heteroatoms. The third kappa shape index (κ3) is 6.50. The molecule has 0 saturated heterocycles. The van der Waals surface area contributed by atoms with Crippen LogP contribution in [0.15, 0.2) is 22.7 Å². The summed E-state index contributed by atoms with van der Waals surface area (Å²) < 4.78 is 40.3. The number of terminal acetylenes is 1. The van der Waals surface area contributed by atoms with E-state index >= 15 is 0 Å². The summed E-state index contributed by atoms with van der Waals surface area (Å²) in [6.45, 7) is 1.33. The summed E-state index contributed by atoms with van der Waals surface area (Å²) in [5.41, 5.74) is 0.863. The fourth-order valence-electron chi connectivity index (χ4n) is 1.41. The smallest absolute Gasteiger partial charge is 0.405 e. The number of benzene rings is 1. The van der Waals surface area contributed by atoms with Gasteiger partial charge in [0.05, 0.1) is 4.47 Å². The number of halogens is 4. The van der Waals surface area contributed by atoms with Crippen molar-refractivity contribution in [3.05, 3.63) is 28.2 Å². The van der Waals surface area contributed by atoms with Gasteiger partial charge in [0, 0.05) is 13.0 Å². The highest BCUT2D eigenvalue weighted by atomic mass is 79.9. The van der Waals surface area contributed by atoms with E-state index in [1.165, 1.54) is 6.07 Å². The lowest BCUT2D eigenvalue weighted by Gasteiger charge is -2.11. The monoisotopic (exact) mass is 335 g/mol. The van der Waals surface area contributed by atoms with E-state index in [-0.39, 0.29) is 10.2 Å². The van der Waals surface area contributed by atoms with Crippen LogP contribution in [-0.4, -0.2) is 12.9 Å². The quantitative estimate of drug-likeness (QED) is 0.629. The van der Waals surface area contributed by atoms with Gasteiger partial charge in [-0.15, -0.1) is 25.5 Å². The molecule has 1 rings (SSSR count). The third-order valence-corrected chi connectivity index (χ3v) is 2.85. The van der Waals surface area contributed by atoms with Gasteiger partial charge in [-0.25, -0.2) is 0 Å². The molecule has 0 radical (unpaired) electrons. The first-order valence-corrected chi connectivity index (χ1v) is 6.40. The van der Waals surface area contributed by atoms with Crippen LogP contribution in [0.25, 0.3) is 0 Å². The highest BCUT2D eigenvalue weighted by Crippen LogP contribution is 2.30. The average molecular weight is 336 g/mol. The Morgan fingerprint density at radius 3 is 2.68 bits per heavy atom. The van der Waals surface area contributed by atoms with Gasteiger partial charge < -0.3 is 10.1 Å². The summed E-state index contributed by atoms with van der Waals surface area (Å²) in [7, 11) is 0. The summed E-state index contributed by atoms with van der Waals surface area (Å²) in [5, 5.41) is 3.15. The Hall–Kier alpha value is -1.19. The molecule has 104 valence electrons. The second-order valence-electron chi connectivity index (χ2n) is 3.80. The molecule has 19 heavy (non-hydrogen) atoms. The van der Waals surface area contributed by atoms with E-state index in [4.69, 9.17) is 6.42 Å². The van der Waals surface area contributed by atoms with Crippen LogP contribution in [0.4, 0.5) is 13.2 Å². The Kier molecular flexibility index (Phi) is 6.19. The lowest BCUT2D eigenvalue weighted by atomic mass is 10.2. The van der Waals surface area contributed by atoms with Gasteiger partial charge in [-0.05, 0) is 46.6 Å². The van der Waals surface area contributed by atoms with Gasteiger partial charge in [0.2, 0.25) is 0 Å². The minimum absolute atomic E-state index is 0.247. The highest BCUT2D eigenvalue weighted by Gasteiger charge is 2.31. The number of hydrogen-bond acceptors (Lipinski definition) is 2. The van der Waals surface area contributed by atoms with Crippen molar-refractivity contribution < 1.29 is 17.9 Å². The first-order valence-electron chi connectivity index (χ1n) is 5.61. The molecular formula is C13H13BrF3NO. The van der Waals surface area contributed by atoms with Crippen molar-refractivity contribution in [2.24, 2.45) is 0 Å². The zero-order valence-corrected chi connectivity index (χ0v) is 11.6. The van der Waals surface area contributed by atoms with Crippen molar-refractivity contribution in [1.29, 1.82) is 0 Å². The van der Waals surface area contributed by atoms with Crippen molar-refractivity contribution in [1.82, 2.24) is 5.32 Å². The van der Waals surface area contributed by atoms with Crippen LogP contribution < -0.4 is 10.1 Å². The molecule has 0 aromatic heterocycles. The Morgan fingerprint density at radius 2 is 2.11 bits per heavy atom. The Bertz CT molecular complexity index is 454. The van der Waals surface area contributed by atoms with Gasteiger partial charge in [-0.1, -0.05) is 6.07 Å². The van der Waals surface area contributed by atoms with Crippen LogP contribution in [0.5, 0.6) is 5.75 Å². The topological polar surface area (TPSA) is 21.3 Å². The number of nitrogens with one attached hydrogen (secondary N) is 1. The standard InChI is InChI=1S/C13H13BrF3NO/c1-2-3-4-7-18-9-10-5-6-12(11(14)8-10)19-13(15,16)17/h1,5-6,8,18H,3-4,7,9H2. The van der Waals surface area contributed by atoms with Gasteiger partial charge in [0.25, 0.3) is 0 Å². The summed E-state index contributed by atoms with van der Waals surface area (Å²) in [6, 6.07) is 4.46. The number of hydrogen-bond donors (Lipinski definition) is 1. The molecule has 0 saturated carbocycles. The molecular weight excluding hydrogens is 323 g/mol. The molecule has 0 fully saturated rings. The number of alkyl halides is 3. The maximum absolute atomic E-state index is 12.1. The van der Waals surface area contributed by atoms with E-state index in [2.05, 4.69) is 31.9 Å². The molecule has 2 nitrogen and oxygen atoms in total. The fraction of sp³-hybridized carbons (Fsp3) is 0.385. The summed E-state index contributed by atoms with van der Waals surface area (Å²) in [6.07, 6.45) is 2.01. The summed E-state index contributed by atoms with van der Waals surface area (Å²) in [5.74, 6) is 2.29. The fourth-order valence-corrected chi connectivity index (χ4v) is 1.92. The van der Waals surface area contributed by atoms with E-state index in [9.17, 15) is 13.2 Å². The van der Waals surface area contributed by atoms with Crippen LogP contribution in [0.1, 0.15) is 18.4 Å². The van der Waals surface area contributed by atoms with Crippen LogP contribution >= 0.6 is 15.9 Å². The number of ether oxygens (including phenoxy) is 1. The Labute approximate surface area is 118 Å². The van der Waals surface area contributed by atoms with Crippen molar-refractivity contribution in [3.63, 3.8) is 0 Å². The molecule has 0 spiro atoms. The van der Waals surface area contributed by atoms with Crippen molar-refractivity contribution in [3.8, 4) is 18.1 Å². The van der Waals surface area contributed by atoms with Crippen LogP contribution in [0.3, 0.4) is 0 Å². The van der Waals surface area contributed by atoms with E-state index < -0.39 is 6.36 Å². The van der Waals surface area contributed by atoms with Crippen LogP contribution in [-0.2, 0) is 6.54 Å². The lowest BCUT2D eigenvalue weighted by Crippen LogP contribution is -2.18. The van der Waals surface area contributed by atoms with E-state index in [1.807, 2.05) is 0 Å². The second-order valence-corrected chi connectivity index (χ2v) is 4.65. The third-order valence-electron chi connectivity index (χ3n) is 2.23. The van der Waals surface area contributed by atoms with Crippen LogP contribution in [0, 0.1) is 12.3 Å². The first kappa shape index (κ1) is 15.9. The maximum atomic E-state index is 12.1. The largest absolute Gasteiger partial charge is 0.573 e. The van der Waals surface area contributed by atoms with E-state index in [0.29, 0.717) is 13.0 Å². The molecule has 1 aromatic carbocycles. The molecule has 0 aliphatic rings. The SMILES string of the molecule is C#CCCCNCc1ccc(OC(F)(F)F)c(Br)c1. The summed E-state index contributed by atoms with van der Waals surface area (Å²) >= 11 is 3.05. The molecule has 0 atom stereocenters. The molecule has 1 N–H and O–H groups in total. The summed E-state index contributed by atoms with van der Waals surface area (Å²) in [4.78, 5) is 0. The number of rotatable bonds is 6. The first-order chi connectivity index (χ1) is 8.92. The van der Waals surface area contributed by atoms with Crippen LogP contribution in [0.2, 0.25) is 0 Å². The zero-order valence-electron chi connectivity index (χ0n) is 10.1.